The van der Waals surface area contributed by atoms with Gasteiger partial charge in [0.05, 0.1) is 6.42 Å². The lowest BCUT2D eigenvalue weighted by atomic mass is 10.1. The Labute approximate surface area is 113 Å². The van der Waals surface area contributed by atoms with Crippen LogP contribution in [0.3, 0.4) is 0 Å². The van der Waals surface area contributed by atoms with E-state index in [9.17, 15) is 4.79 Å². The van der Waals surface area contributed by atoms with Crippen LogP contribution in [0.25, 0.3) is 5.69 Å². The van der Waals surface area contributed by atoms with Crippen LogP contribution in [0.2, 0.25) is 0 Å². The lowest BCUT2D eigenvalue weighted by molar-refractivity contribution is -0.137. The van der Waals surface area contributed by atoms with Crippen molar-refractivity contribution >= 4 is 21.9 Å². The van der Waals surface area contributed by atoms with E-state index < -0.39 is 12.0 Å². The van der Waals surface area contributed by atoms with Gasteiger partial charge in [-0.1, -0.05) is 15.9 Å². The van der Waals surface area contributed by atoms with E-state index in [1.54, 1.807) is 0 Å². The third-order valence-electron chi connectivity index (χ3n) is 2.66. The second-order valence-corrected chi connectivity index (χ2v) is 4.95. The van der Waals surface area contributed by atoms with Crippen LogP contribution in [0.15, 0.2) is 47.2 Å². The summed E-state index contributed by atoms with van der Waals surface area (Å²) in [6.45, 7) is 0. The molecule has 1 aromatic carbocycles. The highest BCUT2D eigenvalue weighted by Gasteiger charge is 2.12. The molecule has 0 bridgehead atoms. The number of hydrogen-bond donors (Lipinski definition) is 2. The largest absolute Gasteiger partial charge is 0.481 e. The van der Waals surface area contributed by atoms with E-state index in [4.69, 9.17) is 10.8 Å². The van der Waals surface area contributed by atoms with Crippen molar-refractivity contribution in [2.24, 2.45) is 5.73 Å². The predicted molar refractivity (Wildman–Crippen MR) is 72.7 cm³/mol. The van der Waals surface area contributed by atoms with Gasteiger partial charge in [0.25, 0.3) is 0 Å². The highest BCUT2D eigenvalue weighted by molar-refractivity contribution is 9.10. The van der Waals surface area contributed by atoms with Gasteiger partial charge >= 0.3 is 5.97 Å². The first-order valence-electron chi connectivity index (χ1n) is 5.47. The van der Waals surface area contributed by atoms with Gasteiger partial charge in [-0.2, -0.15) is 0 Å². The van der Waals surface area contributed by atoms with E-state index in [-0.39, 0.29) is 6.42 Å². The summed E-state index contributed by atoms with van der Waals surface area (Å²) < 4.78 is 2.94. The molecule has 0 aliphatic rings. The Hall–Kier alpha value is -1.59. The van der Waals surface area contributed by atoms with Crippen molar-refractivity contribution in [2.45, 2.75) is 12.5 Å². The lowest BCUT2D eigenvalue weighted by Crippen LogP contribution is -2.14. The normalized spacial score (nSPS) is 12.3. The molecule has 0 aliphatic carbocycles. The molecule has 2 aromatic rings. The molecule has 0 saturated carbocycles. The van der Waals surface area contributed by atoms with Crippen molar-refractivity contribution in [3.8, 4) is 5.69 Å². The quantitative estimate of drug-likeness (QED) is 0.912. The summed E-state index contributed by atoms with van der Waals surface area (Å²) in [6, 6.07) is 9.21. The average Bonchev–Trinajstić information content (AvgIpc) is 2.78. The number of nitrogens with zero attached hydrogens (tertiary/aromatic N) is 1. The van der Waals surface area contributed by atoms with Gasteiger partial charge in [0.1, 0.15) is 0 Å². The number of carbonyl (C=O) groups is 1. The van der Waals surface area contributed by atoms with Gasteiger partial charge in [-0.15, -0.1) is 0 Å². The second-order valence-electron chi connectivity index (χ2n) is 4.03. The fourth-order valence-corrected chi connectivity index (χ4v) is 1.98. The number of halogens is 1. The number of benzene rings is 1. The van der Waals surface area contributed by atoms with Crippen molar-refractivity contribution in [3.63, 3.8) is 0 Å². The molecule has 0 amide bonds. The zero-order chi connectivity index (χ0) is 13.1. The van der Waals surface area contributed by atoms with Gasteiger partial charge in [0, 0.05) is 28.6 Å². The second kappa shape index (κ2) is 5.37. The fourth-order valence-electron chi connectivity index (χ4n) is 1.71. The summed E-state index contributed by atoms with van der Waals surface area (Å²) >= 11 is 3.38. The summed E-state index contributed by atoms with van der Waals surface area (Å²) in [6.07, 6.45) is 3.67. The van der Waals surface area contributed by atoms with Crippen molar-refractivity contribution in [2.75, 3.05) is 0 Å². The Morgan fingerprint density at radius 1 is 1.33 bits per heavy atom. The van der Waals surface area contributed by atoms with E-state index in [2.05, 4.69) is 15.9 Å². The van der Waals surface area contributed by atoms with E-state index in [0.29, 0.717) is 0 Å². The summed E-state index contributed by atoms with van der Waals surface area (Å²) in [4.78, 5) is 10.6. The monoisotopic (exact) mass is 308 g/mol. The SMILES string of the molecule is NC(CC(=O)O)c1ccn(-c2ccc(Br)cc2)c1. The van der Waals surface area contributed by atoms with Crippen LogP contribution in [0, 0.1) is 0 Å². The zero-order valence-corrected chi connectivity index (χ0v) is 11.2. The first kappa shape index (κ1) is 12.9. The molecule has 0 fully saturated rings. The number of nitrogens with two attached hydrogens (primary N) is 1. The van der Waals surface area contributed by atoms with E-state index >= 15 is 0 Å². The van der Waals surface area contributed by atoms with Gasteiger partial charge in [0.15, 0.2) is 0 Å². The Bertz CT molecular complexity index is 548. The Kier molecular flexibility index (Phi) is 3.84. The van der Waals surface area contributed by atoms with Gasteiger partial charge in [-0.3, -0.25) is 4.79 Å². The number of carboxylic acid groups (broad SMARTS) is 1. The third kappa shape index (κ3) is 3.00. The minimum absolute atomic E-state index is 0.0651. The predicted octanol–water partition coefficient (Wildman–Crippen LogP) is 2.71. The first-order chi connectivity index (χ1) is 8.56. The van der Waals surface area contributed by atoms with Crippen molar-refractivity contribution < 1.29 is 9.90 Å². The molecule has 94 valence electrons. The smallest absolute Gasteiger partial charge is 0.305 e. The Morgan fingerprint density at radius 2 is 2.00 bits per heavy atom. The topological polar surface area (TPSA) is 68.2 Å². The van der Waals surface area contributed by atoms with Gasteiger partial charge in [-0.25, -0.2) is 0 Å². The van der Waals surface area contributed by atoms with Crippen LogP contribution in [-0.2, 0) is 4.79 Å². The minimum Gasteiger partial charge on any atom is -0.481 e. The summed E-state index contributed by atoms with van der Waals surface area (Å²) in [5.41, 5.74) is 7.64. The molecule has 0 aliphatic heterocycles. The van der Waals surface area contributed by atoms with Gasteiger partial charge in [0.2, 0.25) is 0 Å². The first-order valence-corrected chi connectivity index (χ1v) is 6.27. The zero-order valence-electron chi connectivity index (χ0n) is 9.58. The molecule has 1 aromatic heterocycles. The van der Waals surface area contributed by atoms with E-state index in [0.717, 1.165) is 15.7 Å². The number of aliphatic carboxylic acids is 1. The highest BCUT2D eigenvalue weighted by atomic mass is 79.9. The van der Waals surface area contributed by atoms with Gasteiger partial charge in [-0.05, 0) is 35.9 Å². The maximum atomic E-state index is 10.6. The highest BCUT2D eigenvalue weighted by Crippen LogP contribution is 2.19. The molecule has 2 rings (SSSR count). The molecule has 4 nitrogen and oxygen atoms in total. The number of aromatic nitrogens is 1. The average molecular weight is 309 g/mol. The molecule has 5 heteroatoms. The van der Waals surface area contributed by atoms with Crippen LogP contribution >= 0.6 is 15.9 Å². The maximum Gasteiger partial charge on any atom is 0.305 e. The van der Waals surface area contributed by atoms with Gasteiger partial charge < -0.3 is 15.4 Å². The van der Waals surface area contributed by atoms with Crippen LogP contribution in [0.4, 0.5) is 0 Å². The van der Waals surface area contributed by atoms with E-state index in [1.165, 1.54) is 0 Å². The summed E-state index contributed by atoms with van der Waals surface area (Å²) in [7, 11) is 0. The molecular weight excluding hydrogens is 296 g/mol. The number of carboxylic acids is 1. The summed E-state index contributed by atoms with van der Waals surface area (Å²) in [5.74, 6) is -0.890. The van der Waals surface area contributed by atoms with Crippen LogP contribution in [0.1, 0.15) is 18.0 Å². The van der Waals surface area contributed by atoms with E-state index in [1.807, 2.05) is 47.3 Å². The number of hydrogen-bond acceptors (Lipinski definition) is 2. The molecule has 0 radical (unpaired) electrons. The molecule has 1 heterocycles. The fraction of sp³-hybridized carbons (Fsp3) is 0.154. The standard InChI is InChI=1S/C13H13BrN2O2/c14-10-1-3-11(4-2-10)16-6-5-9(8-16)12(15)7-13(17)18/h1-6,8,12H,7,15H2,(H,17,18). The van der Waals surface area contributed by atoms with Crippen molar-refractivity contribution in [1.29, 1.82) is 0 Å². The lowest BCUT2D eigenvalue weighted by Gasteiger charge is -2.06. The van der Waals surface area contributed by atoms with Crippen molar-refractivity contribution in [1.82, 2.24) is 4.57 Å². The molecule has 3 N–H and O–H groups in total. The minimum atomic E-state index is -0.890. The van der Waals surface area contributed by atoms with Crippen LogP contribution < -0.4 is 5.73 Å². The van der Waals surface area contributed by atoms with Crippen LogP contribution in [-0.4, -0.2) is 15.6 Å². The molecule has 1 atom stereocenters. The van der Waals surface area contributed by atoms with Crippen molar-refractivity contribution in [3.05, 3.63) is 52.8 Å². The molecule has 18 heavy (non-hydrogen) atoms. The molecule has 1 unspecified atom stereocenters. The maximum absolute atomic E-state index is 10.6. The Balaban J connectivity index is 2.19. The van der Waals surface area contributed by atoms with Crippen LogP contribution in [0.5, 0.6) is 0 Å². The number of rotatable bonds is 4. The Morgan fingerprint density at radius 3 is 2.61 bits per heavy atom. The molecule has 0 saturated heterocycles. The molecule has 0 spiro atoms. The summed E-state index contributed by atoms with van der Waals surface area (Å²) in [5, 5.41) is 8.71. The third-order valence-corrected chi connectivity index (χ3v) is 3.19. The molecular formula is C13H13BrN2O2.